The van der Waals surface area contributed by atoms with E-state index >= 15 is 0 Å². The van der Waals surface area contributed by atoms with E-state index in [9.17, 15) is 9.90 Å². The van der Waals surface area contributed by atoms with E-state index in [0.29, 0.717) is 29.4 Å². The molecule has 0 amide bonds. The zero-order valence-corrected chi connectivity index (χ0v) is 17.6. The molecule has 27 heavy (non-hydrogen) atoms. The first-order valence-corrected chi connectivity index (χ1v) is 10.0. The Kier molecular flexibility index (Phi) is 5.09. The van der Waals surface area contributed by atoms with E-state index < -0.39 is 11.5 Å². The first kappa shape index (κ1) is 20.2. The molecule has 0 saturated heterocycles. The molecular formula is C23H34O4. The standard InChI is InChI=1S/C23H34O4/c1-21(2)9-7-10-22(3)18(21)8-11-23(4,25)20(22)19(24)15-12-16(26-5)14-17(13-15)27-6/h12-14,18,20,25H,7-11H2,1-6H3. The number of ether oxygens (including phenoxy) is 2. The third-order valence-corrected chi connectivity index (χ3v) is 7.39. The maximum atomic E-state index is 13.8. The molecule has 2 aliphatic carbocycles. The monoisotopic (exact) mass is 374 g/mol. The second-order valence-electron chi connectivity index (χ2n) is 9.69. The van der Waals surface area contributed by atoms with Crippen molar-refractivity contribution in [3.05, 3.63) is 23.8 Å². The minimum atomic E-state index is -1.01. The summed E-state index contributed by atoms with van der Waals surface area (Å²) in [5.41, 5.74) is -0.474. The third-order valence-electron chi connectivity index (χ3n) is 7.39. The topological polar surface area (TPSA) is 55.8 Å². The quantitative estimate of drug-likeness (QED) is 0.763. The lowest BCUT2D eigenvalue weighted by Gasteiger charge is -2.60. The van der Waals surface area contributed by atoms with E-state index in [0.717, 1.165) is 19.3 Å². The van der Waals surface area contributed by atoms with Crippen LogP contribution in [0.3, 0.4) is 0 Å². The molecule has 0 bridgehead atoms. The molecule has 2 fully saturated rings. The molecule has 4 atom stereocenters. The molecule has 1 aromatic rings. The van der Waals surface area contributed by atoms with Crippen molar-refractivity contribution >= 4 is 5.78 Å². The van der Waals surface area contributed by atoms with Gasteiger partial charge in [0.15, 0.2) is 5.78 Å². The predicted molar refractivity (Wildman–Crippen MR) is 106 cm³/mol. The lowest BCUT2D eigenvalue weighted by atomic mass is 9.45. The summed E-state index contributed by atoms with van der Waals surface area (Å²) >= 11 is 0. The highest BCUT2D eigenvalue weighted by Crippen LogP contribution is 2.62. The fraction of sp³-hybridized carbons (Fsp3) is 0.696. The minimum absolute atomic E-state index is 0.00194. The summed E-state index contributed by atoms with van der Waals surface area (Å²) in [6.07, 6.45) is 4.90. The summed E-state index contributed by atoms with van der Waals surface area (Å²) in [5, 5.41) is 11.3. The number of methoxy groups -OCH3 is 2. The third kappa shape index (κ3) is 3.37. The van der Waals surface area contributed by atoms with Gasteiger partial charge in [-0.05, 0) is 61.5 Å². The Morgan fingerprint density at radius 1 is 1.00 bits per heavy atom. The van der Waals surface area contributed by atoms with Crippen molar-refractivity contribution in [2.24, 2.45) is 22.7 Å². The van der Waals surface area contributed by atoms with E-state index in [2.05, 4.69) is 20.8 Å². The highest BCUT2D eigenvalue weighted by Gasteiger charge is 2.60. The van der Waals surface area contributed by atoms with Crippen LogP contribution in [0, 0.1) is 22.7 Å². The van der Waals surface area contributed by atoms with Gasteiger partial charge in [-0.15, -0.1) is 0 Å². The summed E-state index contributed by atoms with van der Waals surface area (Å²) in [7, 11) is 3.17. The number of hydrogen-bond donors (Lipinski definition) is 1. The van der Waals surface area contributed by atoms with E-state index in [-0.39, 0.29) is 16.6 Å². The van der Waals surface area contributed by atoms with Crippen molar-refractivity contribution in [3.8, 4) is 11.5 Å². The van der Waals surface area contributed by atoms with Crippen LogP contribution in [0.1, 0.15) is 70.2 Å². The summed E-state index contributed by atoms with van der Waals surface area (Å²) < 4.78 is 10.7. The van der Waals surface area contributed by atoms with Crippen LogP contribution in [0.4, 0.5) is 0 Å². The summed E-state index contributed by atoms with van der Waals surface area (Å²) in [5.74, 6) is 1.19. The molecule has 4 nitrogen and oxygen atoms in total. The van der Waals surface area contributed by atoms with Crippen molar-refractivity contribution in [2.75, 3.05) is 14.2 Å². The van der Waals surface area contributed by atoms with Gasteiger partial charge in [-0.25, -0.2) is 0 Å². The van der Waals surface area contributed by atoms with E-state index in [4.69, 9.17) is 9.47 Å². The largest absolute Gasteiger partial charge is 0.497 e. The number of fused-ring (bicyclic) bond motifs is 1. The van der Waals surface area contributed by atoms with Gasteiger partial charge in [0, 0.05) is 11.6 Å². The highest BCUT2D eigenvalue weighted by atomic mass is 16.5. The highest BCUT2D eigenvalue weighted by molar-refractivity contribution is 6.00. The van der Waals surface area contributed by atoms with Gasteiger partial charge in [0.05, 0.1) is 25.7 Å². The number of rotatable bonds is 4. The van der Waals surface area contributed by atoms with Crippen molar-refractivity contribution < 1.29 is 19.4 Å². The second kappa shape index (κ2) is 6.80. The van der Waals surface area contributed by atoms with E-state index in [1.54, 1.807) is 32.4 Å². The maximum Gasteiger partial charge on any atom is 0.169 e. The number of hydrogen-bond acceptors (Lipinski definition) is 4. The molecule has 150 valence electrons. The van der Waals surface area contributed by atoms with Crippen LogP contribution in [0.25, 0.3) is 0 Å². The van der Waals surface area contributed by atoms with E-state index in [1.807, 2.05) is 6.92 Å². The Balaban J connectivity index is 2.08. The number of benzene rings is 1. The Bertz CT molecular complexity index is 699. The zero-order valence-electron chi connectivity index (χ0n) is 17.6. The van der Waals surface area contributed by atoms with Gasteiger partial charge in [-0.3, -0.25) is 4.79 Å². The van der Waals surface area contributed by atoms with Gasteiger partial charge in [0.25, 0.3) is 0 Å². The average Bonchev–Trinajstić information content (AvgIpc) is 2.59. The molecule has 0 aromatic heterocycles. The van der Waals surface area contributed by atoms with Crippen molar-refractivity contribution in [1.29, 1.82) is 0 Å². The average molecular weight is 375 g/mol. The van der Waals surface area contributed by atoms with Gasteiger partial charge in [-0.1, -0.05) is 27.2 Å². The number of carbonyl (C=O) groups is 1. The first-order chi connectivity index (χ1) is 12.5. The van der Waals surface area contributed by atoms with Crippen LogP contribution in [0.15, 0.2) is 18.2 Å². The van der Waals surface area contributed by atoms with Gasteiger partial charge >= 0.3 is 0 Å². The normalized spacial score (nSPS) is 35.2. The molecule has 0 spiro atoms. The molecule has 1 N–H and O–H groups in total. The molecule has 4 heteroatoms. The molecule has 3 rings (SSSR count). The molecule has 1 aromatic carbocycles. The van der Waals surface area contributed by atoms with Crippen LogP contribution >= 0.6 is 0 Å². The maximum absolute atomic E-state index is 13.8. The predicted octanol–water partition coefficient (Wildman–Crippen LogP) is 4.88. The minimum Gasteiger partial charge on any atom is -0.497 e. The number of aliphatic hydroxyl groups is 1. The molecule has 0 radical (unpaired) electrons. The summed E-state index contributed by atoms with van der Waals surface area (Å²) in [6.45, 7) is 8.72. The molecule has 4 unspecified atom stereocenters. The lowest BCUT2D eigenvalue weighted by molar-refractivity contribution is -0.149. The van der Waals surface area contributed by atoms with Crippen LogP contribution in [-0.2, 0) is 0 Å². The van der Waals surface area contributed by atoms with Crippen molar-refractivity contribution in [2.45, 2.75) is 65.4 Å². The summed E-state index contributed by atoms with van der Waals surface area (Å²) in [4.78, 5) is 13.8. The molecule has 2 aliphatic rings. The van der Waals surface area contributed by atoms with Crippen LogP contribution < -0.4 is 9.47 Å². The number of Topliss-reactive ketones (excluding diaryl/α,β-unsaturated/α-hetero) is 1. The first-order valence-electron chi connectivity index (χ1n) is 10.0. The SMILES string of the molecule is COc1cc(OC)cc(C(=O)C2C(C)(O)CCC3C(C)(C)CCCC32C)c1. The smallest absolute Gasteiger partial charge is 0.169 e. The Hall–Kier alpha value is -1.55. The fourth-order valence-electron chi connectivity index (χ4n) is 6.22. The molecule has 0 heterocycles. The Morgan fingerprint density at radius 2 is 1.59 bits per heavy atom. The van der Waals surface area contributed by atoms with Crippen molar-refractivity contribution in [1.82, 2.24) is 0 Å². The zero-order chi connectivity index (χ0) is 20.0. The van der Waals surface area contributed by atoms with Crippen LogP contribution in [0.5, 0.6) is 11.5 Å². The number of carbonyl (C=O) groups excluding carboxylic acids is 1. The number of ketones is 1. The molecule has 0 aliphatic heterocycles. The van der Waals surface area contributed by atoms with Gasteiger partial charge in [0.1, 0.15) is 11.5 Å². The van der Waals surface area contributed by atoms with Crippen molar-refractivity contribution in [3.63, 3.8) is 0 Å². The van der Waals surface area contributed by atoms with Gasteiger partial charge in [-0.2, -0.15) is 0 Å². The Morgan fingerprint density at radius 3 is 2.15 bits per heavy atom. The Labute approximate surface area is 163 Å². The van der Waals surface area contributed by atoms with Crippen LogP contribution in [0.2, 0.25) is 0 Å². The fourth-order valence-corrected chi connectivity index (χ4v) is 6.22. The molecular weight excluding hydrogens is 340 g/mol. The lowest BCUT2D eigenvalue weighted by Crippen LogP contribution is -2.60. The summed E-state index contributed by atoms with van der Waals surface area (Å²) in [6, 6.07) is 5.30. The van der Waals surface area contributed by atoms with Gasteiger partial charge < -0.3 is 14.6 Å². The van der Waals surface area contributed by atoms with Gasteiger partial charge in [0.2, 0.25) is 0 Å². The molecule has 2 saturated carbocycles. The van der Waals surface area contributed by atoms with Crippen LogP contribution in [-0.4, -0.2) is 30.7 Å². The van der Waals surface area contributed by atoms with E-state index in [1.165, 1.54) is 6.42 Å². The second-order valence-corrected chi connectivity index (χ2v) is 9.69.